The van der Waals surface area contributed by atoms with Crippen molar-refractivity contribution < 1.29 is 14.3 Å². The van der Waals surface area contributed by atoms with Gasteiger partial charge in [-0.05, 0) is 42.4 Å². The predicted molar refractivity (Wildman–Crippen MR) is 96.2 cm³/mol. The van der Waals surface area contributed by atoms with Crippen molar-refractivity contribution in [3.63, 3.8) is 0 Å². The SMILES string of the molecule is CC(C)[C@@H]1C(=O)NCCN1C(=O)Nc1cccc(COCC2CC2)c1. The number of hydrogen-bond donors (Lipinski definition) is 2. The van der Waals surface area contributed by atoms with E-state index in [9.17, 15) is 9.59 Å². The Morgan fingerprint density at radius 1 is 1.40 bits per heavy atom. The molecule has 6 heteroatoms. The van der Waals surface area contributed by atoms with Crippen molar-refractivity contribution in [2.45, 2.75) is 39.3 Å². The molecule has 1 atom stereocenters. The van der Waals surface area contributed by atoms with E-state index in [0.717, 1.165) is 23.8 Å². The number of amides is 3. The maximum Gasteiger partial charge on any atom is 0.322 e. The second-order valence-electron chi connectivity index (χ2n) is 7.26. The van der Waals surface area contributed by atoms with E-state index in [4.69, 9.17) is 4.74 Å². The maximum absolute atomic E-state index is 12.7. The van der Waals surface area contributed by atoms with Crippen LogP contribution in [0.15, 0.2) is 24.3 Å². The first kappa shape index (κ1) is 17.7. The van der Waals surface area contributed by atoms with Crippen molar-refractivity contribution in [2.75, 3.05) is 25.0 Å². The Labute approximate surface area is 148 Å². The number of carbonyl (C=O) groups excluding carboxylic acids is 2. The Bertz CT molecular complexity index is 628. The Balaban J connectivity index is 1.60. The van der Waals surface area contributed by atoms with Crippen molar-refractivity contribution in [1.29, 1.82) is 0 Å². The number of nitrogens with one attached hydrogen (secondary N) is 2. The molecule has 0 aromatic heterocycles. The topological polar surface area (TPSA) is 70.7 Å². The molecule has 1 saturated heterocycles. The Hall–Kier alpha value is -2.08. The fourth-order valence-corrected chi connectivity index (χ4v) is 3.14. The van der Waals surface area contributed by atoms with E-state index in [-0.39, 0.29) is 17.9 Å². The van der Waals surface area contributed by atoms with Crippen LogP contribution in [0.25, 0.3) is 0 Å². The van der Waals surface area contributed by atoms with Crippen molar-refractivity contribution in [1.82, 2.24) is 10.2 Å². The van der Waals surface area contributed by atoms with E-state index in [0.29, 0.717) is 19.7 Å². The number of nitrogens with zero attached hydrogens (tertiary/aromatic N) is 1. The van der Waals surface area contributed by atoms with Crippen LogP contribution in [0.2, 0.25) is 0 Å². The minimum atomic E-state index is -0.432. The number of urea groups is 1. The van der Waals surface area contributed by atoms with Gasteiger partial charge in [0, 0.05) is 25.4 Å². The molecule has 0 spiro atoms. The summed E-state index contributed by atoms with van der Waals surface area (Å²) in [6.07, 6.45) is 2.55. The first-order valence-corrected chi connectivity index (χ1v) is 9.06. The molecule has 3 amide bonds. The number of ether oxygens (including phenoxy) is 1. The monoisotopic (exact) mass is 345 g/mol. The van der Waals surface area contributed by atoms with Crippen LogP contribution in [-0.4, -0.2) is 42.6 Å². The van der Waals surface area contributed by atoms with Crippen LogP contribution >= 0.6 is 0 Å². The summed E-state index contributed by atoms with van der Waals surface area (Å²) in [4.78, 5) is 26.4. The second-order valence-corrected chi connectivity index (χ2v) is 7.26. The molecule has 0 radical (unpaired) electrons. The van der Waals surface area contributed by atoms with Gasteiger partial charge >= 0.3 is 6.03 Å². The van der Waals surface area contributed by atoms with Crippen LogP contribution in [0.1, 0.15) is 32.3 Å². The predicted octanol–water partition coefficient (Wildman–Crippen LogP) is 2.60. The van der Waals surface area contributed by atoms with Gasteiger partial charge in [-0.2, -0.15) is 0 Å². The molecule has 6 nitrogen and oxygen atoms in total. The van der Waals surface area contributed by atoms with E-state index < -0.39 is 6.04 Å². The summed E-state index contributed by atoms with van der Waals surface area (Å²) in [5.74, 6) is 0.716. The smallest absolute Gasteiger partial charge is 0.322 e. The summed E-state index contributed by atoms with van der Waals surface area (Å²) in [6.45, 7) is 6.28. The summed E-state index contributed by atoms with van der Waals surface area (Å²) < 4.78 is 5.71. The summed E-state index contributed by atoms with van der Waals surface area (Å²) >= 11 is 0. The molecule has 1 aromatic rings. The highest BCUT2D eigenvalue weighted by molar-refractivity contribution is 5.94. The summed E-state index contributed by atoms with van der Waals surface area (Å²) in [5, 5.41) is 5.75. The van der Waals surface area contributed by atoms with Crippen LogP contribution in [0, 0.1) is 11.8 Å². The second kappa shape index (κ2) is 7.87. The van der Waals surface area contributed by atoms with Crippen LogP contribution in [0.4, 0.5) is 10.5 Å². The Morgan fingerprint density at radius 3 is 2.92 bits per heavy atom. The average Bonchev–Trinajstić information content (AvgIpc) is 3.39. The van der Waals surface area contributed by atoms with Gasteiger partial charge in [0.1, 0.15) is 6.04 Å². The Morgan fingerprint density at radius 2 is 2.20 bits per heavy atom. The van der Waals surface area contributed by atoms with Gasteiger partial charge in [0.05, 0.1) is 6.61 Å². The average molecular weight is 345 g/mol. The molecule has 0 bridgehead atoms. The molecule has 1 heterocycles. The summed E-state index contributed by atoms with van der Waals surface area (Å²) in [5.41, 5.74) is 1.77. The van der Waals surface area contributed by atoms with Crippen LogP contribution in [0.3, 0.4) is 0 Å². The van der Waals surface area contributed by atoms with E-state index in [2.05, 4.69) is 10.6 Å². The molecule has 25 heavy (non-hydrogen) atoms. The highest BCUT2D eigenvalue weighted by Crippen LogP contribution is 2.29. The molecule has 136 valence electrons. The van der Waals surface area contributed by atoms with Gasteiger partial charge in [-0.15, -0.1) is 0 Å². The van der Waals surface area contributed by atoms with Crippen molar-refractivity contribution in [3.05, 3.63) is 29.8 Å². The summed E-state index contributed by atoms with van der Waals surface area (Å²) in [6, 6.07) is 7.03. The molecule has 0 unspecified atom stereocenters. The highest BCUT2D eigenvalue weighted by Gasteiger charge is 2.35. The van der Waals surface area contributed by atoms with E-state index in [1.165, 1.54) is 12.8 Å². The number of piperazine rings is 1. The zero-order chi connectivity index (χ0) is 17.8. The third kappa shape index (κ3) is 4.72. The lowest BCUT2D eigenvalue weighted by molar-refractivity contribution is -0.129. The molecule has 3 rings (SSSR count). The van der Waals surface area contributed by atoms with Gasteiger partial charge < -0.3 is 20.3 Å². The molecule has 1 aliphatic carbocycles. The van der Waals surface area contributed by atoms with Crippen LogP contribution in [-0.2, 0) is 16.1 Å². The minimum absolute atomic E-state index is 0.0632. The highest BCUT2D eigenvalue weighted by atomic mass is 16.5. The quantitative estimate of drug-likeness (QED) is 0.832. The van der Waals surface area contributed by atoms with Crippen LogP contribution in [0.5, 0.6) is 0 Å². The van der Waals surface area contributed by atoms with E-state index in [1.54, 1.807) is 4.90 Å². The van der Waals surface area contributed by atoms with Gasteiger partial charge in [0.2, 0.25) is 5.91 Å². The van der Waals surface area contributed by atoms with Gasteiger partial charge in [-0.25, -0.2) is 4.79 Å². The van der Waals surface area contributed by atoms with Gasteiger partial charge in [-0.3, -0.25) is 4.79 Å². The third-order valence-electron chi connectivity index (χ3n) is 4.65. The number of hydrogen-bond acceptors (Lipinski definition) is 3. The van der Waals surface area contributed by atoms with E-state index >= 15 is 0 Å². The van der Waals surface area contributed by atoms with Crippen molar-refractivity contribution in [3.8, 4) is 0 Å². The number of rotatable bonds is 6. The lowest BCUT2D eigenvalue weighted by Crippen LogP contribution is -2.60. The fourth-order valence-electron chi connectivity index (χ4n) is 3.14. The maximum atomic E-state index is 12.7. The molecule has 2 aliphatic rings. The van der Waals surface area contributed by atoms with Gasteiger partial charge in [-0.1, -0.05) is 26.0 Å². The first-order valence-electron chi connectivity index (χ1n) is 9.06. The largest absolute Gasteiger partial charge is 0.376 e. The molecular formula is C19H27N3O3. The first-order chi connectivity index (χ1) is 12.0. The zero-order valence-corrected chi connectivity index (χ0v) is 15.0. The number of anilines is 1. The standard InChI is InChI=1S/C19H27N3O3/c1-13(2)17-18(23)20-8-9-22(17)19(24)21-16-5-3-4-15(10-16)12-25-11-14-6-7-14/h3-5,10,13-14,17H,6-9,11-12H2,1-2H3,(H,20,23)(H,21,24)/t17-/m1/s1. The lowest BCUT2D eigenvalue weighted by atomic mass is 10.00. The molecule has 2 fully saturated rings. The zero-order valence-electron chi connectivity index (χ0n) is 15.0. The van der Waals surface area contributed by atoms with Gasteiger partial charge in [0.25, 0.3) is 0 Å². The molecule has 1 saturated carbocycles. The van der Waals surface area contributed by atoms with Gasteiger partial charge in [0.15, 0.2) is 0 Å². The number of carbonyl (C=O) groups is 2. The van der Waals surface area contributed by atoms with Crippen molar-refractivity contribution >= 4 is 17.6 Å². The fraction of sp³-hybridized carbons (Fsp3) is 0.579. The summed E-state index contributed by atoms with van der Waals surface area (Å²) in [7, 11) is 0. The van der Waals surface area contributed by atoms with E-state index in [1.807, 2.05) is 38.1 Å². The Kier molecular flexibility index (Phi) is 5.58. The van der Waals surface area contributed by atoms with Crippen molar-refractivity contribution in [2.24, 2.45) is 11.8 Å². The molecule has 2 N–H and O–H groups in total. The molecular weight excluding hydrogens is 318 g/mol. The number of benzene rings is 1. The minimum Gasteiger partial charge on any atom is -0.376 e. The lowest BCUT2D eigenvalue weighted by Gasteiger charge is -2.37. The molecule has 1 aliphatic heterocycles. The van der Waals surface area contributed by atoms with Crippen LogP contribution < -0.4 is 10.6 Å². The third-order valence-corrected chi connectivity index (χ3v) is 4.65. The molecule has 1 aromatic carbocycles. The normalized spacial score (nSPS) is 20.5.